The highest BCUT2D eigenvalue weighted by atomic mass is 19.1. The summed E-state index contributed by atoms with van der Waals surface area (Å²) < 4.78 is 28.8. The van der Waals surface area contributed by atoms with Crippen LogP contribution in [0.4, 0.5) is 8.78 Å². The molecule has 0 spiro atoms. The predicted molar refractivity (Wildman–Crippen MR) is 65.1 cm³/mol. The summed E-state index contributed by atoms with van der Waals surface area (Å²) in [6.07, 6.45) is 3.43. The van der Waals surface area contributed by atoms with Gasteiger partial charge in [0.05, 0.1) is 18.1 Å². The van der Waals surface area contributed by atoms with Crippen LogP contribution in [0.15, 0.2) is 30.7 Å². The van der Waals surface area contributed by atoms with Gasteiger partial charge in [0, 0.05) is 18.8 Å². The average Bonchev–Trinajstić information content (AvgIpc) is 2.76. The number of hydrogen-bond donors (Lipinski definition) is 1. The summed E-state index contributed by atoms with van der Waals surface area (Å²) in [5, 5.41) is 3.11. The van der Waals surface area contributed by atoms with E-state index < -0.39 is 17.7 Å². The first-order valence-corrected chi connectivity index (χ1v) is 5.78. The van der Waals surface area contributed by atoms with Crippen molar-refractivity contribution in [3.63, 3.8) is 0 Å². The Morgan fingerprint density at radius 3 is 2.78 bits per heavy atom. The van der Waals surface area contributed by atoms with E-state index in [1.807, 2.05) is 14.0 Å². The number of hydrogen-bond acceptors (Lipinski definition) is 2. The molecule has 0 aliphatic heterocycles. The average molecular weight is 251 g/mol. The second-order valence-corrected chi connectivity index (χ2v) is 4.12. The number of aromatic nitrogens is 2. The molecule has 0 aliphatic carbocycles. The first-order valence-electron chi connectivity index (χ1n) is 5.78. The van der Waals surface area contributed by atoms with Gasteiger partial charge in [-0.2, -0.15) is 0 Å². The van der Waals surface area contributed by atoms with Gasteiger partial charge in [-0.3, -0.25) is 0 Å². The first kappa shape index (κ1) is 12.7. The smallest absolute Gasteiger partial charge is 0.128 e. The van der Waals surface area contributed by atoms with Crippen molar-refractivity contribution in [2.24, 2.45) is 7.05 Å². The van der Waals surface area contributed by atoms with Gasteiger partial charge < -0.3 is 9.88 Å². The molecule has 3 nitrogen and oxygen atoms in total. The molecule has 1 atom stereocenters. The van der Waals surface area contributed by atoms with Gasteiger partial charge >= 0.3 is 0 Å². The zero-order valence-electron chi connectivity index (χ0n) is 10.3. The van der Waals surface area contributed by atoms with E-state index in [1.165, 1.54) is 6.07 Å². The normalized spacial score (nSPS) is 12.7. The lowest BCUT2D eigenvalue weighted by Crippen LogP contribution is -2.23. The molecule has 0 aliphatic rings. The van der Waals surface area contributed by atoms with Crippen LogP contribution in [0.5, 0.6) is 0 Å². The molecule has 2 aromatic rings. The maximum Gasteiger partial charge on any atom is 0.128 e. The molecule has 1 aromatic carbocycles. The second kappa shape index (κ2) is 5.27. The van der Waals surface area contributed by atoms with E-state index >= 15 is 0 Å². The summed E-state index contributed by atoms with van der Waals surface area (Å²) >= 11 is 0. The lowest BCUT2D eigenvalue weighted by molar-refractivity contribution is 0.540. The van der Waals surface area contributed by atoms with Crippen LogP contribution in [-0.4, -0.2) is 16.1 Å². The molecular weight excluding hydrogens is 236 g/mol. The minimum atomic E-state index is -0.453. The molecule has 1 unspecified atom stereocenters. The van der Waals surface area contributed by atoms with Crippen molar-refractivity contribution in [1.29, 1.82) is 0 Å². The van der Waals surface area contributed by atoms with Crippen LogP contribution in [0.1, 0.15) is 24.2 Å². The fourth-order valence-electron chi connectivity index (χ4n) is 1.90. The SMILES string of the molecule is CCNC(c1cn(C)cn1)c1cc(F)ccc1F. The van der Waals surface area contributed by atoms with Crippen molar-refractivity contribution in [1.82, 2.24) is 14.9 Å². The standard InChI is InChI=1S/C13H15F2N3/c1-3-16-13(12-7-18(2)8-17-12)10-6-9(14)4-5-11(10)15/h4-8,13,16H,3H2,1-2H3. The molecule has 1 heterocycles. The molecule has 2 rings (SSSR count). The highest BCUT2D eigenvalue weighted by molar-refractivity contribution is 5.28. The summed E-state index contributed by atoms with van der Waals surface area (Å²) in [7, 11) is 1.83. The maximum atomic E-state index is 13.8. The van der Waals surface area contributed by atoms with E-state index in [4.69, 9.17) is 0 Å². The van der Waals surface area contributed by atoms with Gasteiger partial charge in [-0.1, -0.05) is 6.92 Å². The number of rotatable bonds is 4. The monoisotopic (exact) mass is 251 g/mol. The van der Waals surface area contributed by atoms with Crippen LogP contribution in [0.25, 0.3) is 0 Å². The number of nitrogens with zero attached hydrogens (tertiary/aromatic N) is 2. The summed E-state index contributed by atoms with van der Waals surface area (Å²) in [6, 6.07) is 3.02. The third-order valence-corrected chi connectivity index (χ3v) is 2.70. The summed E-state index contributed by atoms with van der Waals surface area (Å²) in [5.41, 5.74) is 0.944. The Labute approximate surface area is 104 Å². The number of nitrogens with one attached hydrogen (secondary N) is 1. The Bertz CT molecular complexity index is 537. The second-order valence-electron chi connectivity index (χ2n) is 4.12. The largest absolute Gasteiger partial charge is 0.340 e. The number of imidazole rings is 1. The fraction of sp³-hybridized carbons (Fsp3) is 0.308. The van der Waals surface area contributed by atoms with Gasteiger partial charge in [0.1, 0.15) is 11.6 Å². The number of aryl methyl sites for hydroxylation is 1. The van der Waals surface area contributed by atoms with Crippen LogP contribution in [0.3, 0.4) is 0 Å². The van der Waals surface area contributed by atoms with E-state index in [1.54, 1.807) is 17.1 Å². The molecule has 5 heteroatoms. The lowest BCUT2D eigenvalue weighted by atomic mass is 10.0. The molecule has 18 heavy (non-hydrogen) atoms. The van der Waals surface area contributed by atoms with Crippen molar-refractivity contribution >= 4 is 0 Å². The minimum Gasteiger partial charge on any atom is -0.340 e. The van der Waals surface area contributed by atoms with E-state index in [9.17, 15) is 8.78 Å². The molecule has 0 radical (unpaired) electrons. The summed E-state index contributed by atoms with van der Waals surface area (Å²) in [4.78, 5) is 4.19. The fourth-order valence-corrected chi connectivity index (χ4v) is 1.90. The van der Waals surface area contributed by atoms with E-state index in [-0.39, 0.29) is 5.56 Å². The predicted octanol–water partition coefficient (Wildman–Crippen LogP) is 2.40. The highest BCUT2D eigenvalue weighted by Crippen LogP contribution is 2.23. The van der Waals surface area contributed by atoms with Crippen molar-refractivity contribution in [3.8, 4) is 0 Å². The third kappa shape index (κ3) is 2.56. The zero-order valence-corrected chi connectivity index (χ0v) is 10.3. The minimum absolute atomic E-state index is 0.274. The van der Waals surface area contributed by atoms with Crippen molar-refractivity contribution in [2.75, 3.05) is 6.54 Å². The zero-order chi connectivity index (χ0) is 13.1. The summed E-state index contributed by atoms with van der Waals surface area (Å²) in [5.74, 6) is -0.891. The van der Waals surface area contributed by atoms with Crippen LogP contribution >= 0.6 is 0 Å². The van der Waals surface area contributed by atoms with Crippen LogP contribution in [0, 0.1) is 11.6 Å². The quantitative estimate of drug-likeness (QED) is 0.904. The number of halogens is 2. The maximum absolute atomic E-state index is 13.8. The van der Waals surface area contributed by atoms with Crippen molar-refractivity contribution in [2.45, 2.75) is 13.0 Å². The van der Waals surface area contributed by atoms with Gasteiger partial charge in [0.25, 0.3) is 0 Å². The van der Waals surface area contributed by atoms with Crippen LogP contribution in [-0.2, 0) is 7.05 Å². The Kier molecular flexibility index (Phi) is 3.72. The Morgan fingerprint density at radius 1 is 1.39 bits per heavy atom. The van der Waals surface area contributed by atoms with Gasteiger partial charge in [-0.25, -0.2) is 13.8 Å². The van der Waals surface area contributed by atoms with Gasteiger partial charge in [-0.05, 0) is 24.7 Å². The Morgan fingerprint density at radius 2 is 2.17 bits per heavy atom. The molecule has 0 amide bonds. The van der Waals surface area contributed by atoms with Gasteiger partial charge in [0.2, 0.25) is 0 Å². The molecule has 1 N–H and O–H groups in total. The Hall–Kier alpha value is -1.75. The molecular formula is C13H15F2N3. The molecule has 0 bridgehead atoms. The molecule has 0 saturated carbocycles. The third-order valence-electron chi connectivity index (χ3n) is 2.70. The van der Waals surface area contributed by atoms with E-state index in [0.29, 0.717) is 12.2 Å². The van der Waals surface area contributed by atoms with Crippen LogP contribution < -0.4 is 5.32 Å². The van der Waals surface area contributed by atoms with Crippen molar-refractivity contribution < 1.29 is 8.78 Å². The van der Waals surface area contributed by atoms with Gasteiger partial charge in [-0.15, -0.1) is 0 Å². The van der Waals surface area contributed by atoms with Crippen LogP contribution in [0.2, 0.25) is 0 Å². The molecule has 96 valence electrons. The highest BCUT2D eigenvalue weighted by Gasteiger charge is 2.19. The number of benzene rings is 1. The molecule has 0 saturated heterocycles. The first-order chi connectivity index (χ1) is 8.61. The van der Waals surface area contributed by atoms with Gasteiger partial charge in [0.15, 0.2) is 0 Å². The topological polar surface area (TPSA) is 29.9 Å². The molecule has 0 fully saturated rings. The Balaban J connectivity index is 2.44. The molecule has 1 aromatic heterocycles. The lowest BCUT2D eigenvalue weighted by Gasteiger charge is -2.17. The van der Waals surface area contributed by atoms with Crippen molar-refractivity contribution in [3.05, 3.63) is 53.6 Å². The van der Waals surface area contributed by atoms with E-state index in [2.05, 4.69) is 10.3 Å². The van der Waals surface area contributed by atoms with E-state index in [0.717, 1.165) is 12.1 Å². The summed E-state index contributed by atoms with van der Waals surface area (Å²) in [6.45, 7) is 2.55.